The van der Waals surface area contributed by atoms with Crippen LogP contribution in [0.5, 0.6) is 11.5 Å². The van der Waals surface area contributed by atoms with Crippen molar-refractivity contribution < 1.29 is 19.4 Å². The Labute approximate surface area is 129 Å². The number of aromatic carboxylic acids is 1. The van der Waals surface area contributed by atoms with Crippen molar-refractivity contribution in [1.82, 2.24) is 4.98 Å². The predicted molar refractivity (Wildman–Crippen MR) is 77.8 cm³/mol. The zero-order valence-corrected chi connectivity index (χ0v) is 12.3. The molecule has 0 unspecified atom stereocenters. The molecule has 0 bridgehead atoms. The normalized spacial score (nSPS) is 13.0. The molecule has 21 heavy (non-hydrogen) atoms. The highest BCUT2D eigenvalue weighted by Gasteiger charge is 2.13. The van der Waals surface area contributed by atoms with E-state index in [9.17, 15) is 4.79 Å². The van der Waals surface area contributed by atoms with E-state index in [1.54, 1.807) is 0 Å². The van der Waals surface area contributed by atoms with Gasteiger partial charge in [0.2, 0.25) is 0 Å². The van der Waals surface area contributed by atoms with Crippen LogP contribution in [0.25, 0.3) is 0 Å². The van der Waals surface area contributed by atoms with Crippen molar-refractivity contribution in [1.29, 1.82) is 0 Å². The maximum atomic E-state index is 11.0. The van der Waals surface area contributed by atoms with Crippen LogP contribution in [0.1, 0.15) is 10.4 Å². The van der Waals surface area contributed by atoms with Gasteiger partial charge in [0, 0.05) is 4.90 Å². The monoisotopic (exact) mass is 323 g/mol. The van der Waals surface area contributed by atoms with E-state index in [1.165, 1.54) is 23.9 Å². The topological polar surface area (TPSA) is 68.7 Å². The van der Waals surface area contributed by atoms with Gasteiger partial charge in [-0.3, -0.25) is 0 Å². The van der Waals surface area contributed by atoms with E-state index in [2.05, 4.69) is 4.98 Å². The number of carboxylic acids is 1. The second kappa shape index (κ2) is 5.83. The average molecular weight is 324 g/mol. The summed E-state index contributed by atoms with van der Waals surface area (Å²) in [5.41, 5.74) is 0.107. The molecule has 5 nitrogen and oxygen atoms in total. The first-order chi connectivity index (χ1) is 10.1. The number of aromatic nitrogens is 1. The number of benzene rings is 1. The van der Waals surface area contributed by atoms with E-state index >= 15 is 0 Å². The summed E-state index contributed by atoms with van der Waals surface area (Å²) in [5, 5.41) is 9.68. The Bertz CT molecular complexity index is 707. The van der Waals surface area contributed by atoms with E-state index < -0.39 is 5.97 Å². The molecule has 0 spiro atoms. The molecule has 0 atom stereocenters. The lowest BCUT2D eigenvalue weighted by Gasteiger charge is -2.18. The first-order valence-corrected chi connectivity index (χ1v) is 7.29. The summed E-state index contributed by atoms with van der Waals surface area (Å²) in [7, 11) is 0. The summed E-state index contributed by atoms with van der Waals surface area (Å²) in [6.45, 7) is 1.05. The number of carboxylic acid groups (broad SMARTS) is 1. The van der Waals surface area contributed by atoms with Gasteiger partial charge in [0.25, 0.3) is 0 Å². The molecule has 1 aromatic carbocycles. The van der Waals surface area contributed by atoms with Crippen LogP contribution < -0.4 is 9.47 Å². The van der Waals surface area contributed by atoms with Gasteiger partial charge < -0.3 is 14.6 Å². The van der Waals surface area contributed by atoms with Crippen LogP contribution in [0.15, 0.2) is 40.3 Å². The van der Waals surface area contributed by atoms with Crippen molar-refractivity contribution in [3.05, 3.63) is 41.0 Å². The minimum atomic E-state index is -1.04. The fourth-order valence-electron chi connectivity index (χ4n) is 1.86. The first-order valence-electron chi connectivity index (χ1n) is 6.10. The van der Waals surface area contributed by atoms with Crippen LogP contribution in [-0.4, -0.2) is 29.3 Å². The smallest absolute Gasteiger partial charge is 0.335 e. The number of halogens is 1. The molecule has 1 aliphatic rings. The standard InChI is InChI=1S/C14H10ClNO4S/c15-12-5-8(14(17)18)6-13(16-12)21-9-1-2-10-11(7-9)20-4-3-19-10/h1-2,5-7H,3-4H2,(H,17,18). The first kappa shape index (κ1) is 14.0. The number of fused-ring (bicyclic) bond motifs is 1. The van der Waals surface area contributed by atoms with Crippen LogP contribution >= 0.6 is 23.4 Å². The van der Waals surface area contributed by atoms with Crippen molar-refractivity contribution >= 4 is 29.3 Å². The van der Waals surface area contributed by atoms with Gasteiger partial charge in [0.15, 0.2) is 11.5 Å². The van der Waals surface area contributed by atoms with Crippen molar-refractivity contribution in [3.63, 3.8) is 0 Å². The average Bonchev–Trinajstić information content (AvgIpc) is 2.46. The summed E-state index contributed by atoms with van der Waals surface area (Å²) in [6, 6.07) is 8.32. The Hall–Kier alpha value is -1.92. The second-order valence-corrected chi connectivity index (χ2v) is 5.71. The van der Waals surface area contributed by atoms with Gasteiger partial charge in [-0.1, -0.05) is 23.4 Å². The maximum absolute atomic E-state index is 11.0. The molecular weight excluding hydrogens is 314 g/mol. The largest absolute Gasteiger partial charge is 0.486 e. The lowest BCUT2D eigenvalue weighted by Crippen LogP contribution is -2.15. The Kier molecular flexibility index (Phi) is 3.90. The quantitative estimate of drug-likeness (QED) is 0.874. The molecule has 0 saturated heterocycles. The highest BCUT2D eigenvalue weighted by atomic mass is 35.5. The number of carbonyl (C=O) groups is 1. The molecule has 0 fully saturated rings. The van der Waals surface area contributed by atoms with Crippen LogP contribution in [0, 0.1) is 0 Å². The van der Waals surface area contributed by atoms with Gasteiger partial charge in [0.1, 0.15) is 23.4 Å². The van der Waals surface area contributed by atoms with Gasteiger partial charge in [0.05, 0.1) is 5.56 Å². The Morgan fingerprint density at radius 3 is 2.71 bits per heavy atom. The highest BCUT2D eigenvalue weighted by molar-refractivity contribution is 7.99. The van der Waals surface area contributed by atoms with E-state index in [-0.39, 0.29) is 10.7 Å². The molecular formula is C14H10ClNO4S. The van der Waals surface area contributed by atoms with Crippen LogP contribution in [-0.2, 0) is 0 Å². The molecule has 0 aliphatic carbocycles. The molecule has 2 aromatic rings. The molecule has 7 heteroatoms. The fraction of sp³-hybridized carbons (Fsp3) is 0.143. The van der Waals surface area contributed by atoms with Crippen molar-refractivity contribution in [2.24, 2.45) is 0 Å². The number of rotatable bonds is 3. The minimum Gasteiger partial charge on any atom is -0.486 e. The molecule has 1 aliphatic heterocycles. The Morgan fingerprint density at radius 1 is 1.19 bits per heavy atom. The van der Waals surface area contributed by atoms with E-state index in [4.69, 9.17) is 26.2 Å². The number of hydrogen-bond acceptors (Lipinski definition) is 5. The number of ether oxygens (including phenoxy) is 2. The van der Waals surface area contributed by atoms with Crippen LogP contribution in [0.3, 0.4) is 0 Å². The van der Waals surface area contributed by atoms with Gasteiger partial charge in [-0.25, -0.2) is 9.78 Å². The highest BCUT2D eigenvalue weighted by Crippen LogP contribution is 2.36. The molecule has 0 saturated carbocycles. The lowest BCUT2D eigenvalue weighted by atomic mass is 10.3. The Morgan fingerprint density at radius 2 is 1.95 bits per heavy atom. The van der Waals surface area contributed by atoms with Crippen molar-refractivity contribution in [2.75, 3.05) is 13.2 Å². The third-order valence-corrected chi connectivity index (χ3v) is 3.86. The number of hydrogen-bond donors (Lipinski definition) is 1. The summed E-state index contributed by atoms with van der Waals surface area (Å²) in [4.78, 5) is 16.0. The summed E-state index contributed by atoms with van der Waals surface area (Å²) in [6.07, 6.45) is 0. The molecule has 0 radical (unpaired) electrons. The molecule has 1 aromatic heterocycles. The van der Waals surface area contributed by atoms with Crippen molar-refractivity contribution in [2.45, 2.75) is 9.92 Å². The SMILES string of the molecule is O=C(O)c1cc(Cl)nc(Sc2ccc3c(c2)OCCO3)c1. The second-order valence-electron chi connectivity index (χ2n) is 4.23. The number of pyridine rings is 1. The lowest BCUT2D eigenvalue weighted by molar-refractivity contribution is 0.0696. The van der Waals surface area contributed by atoms with Gasteiger partial charge in [-0.2, -0.15) is 0 Å². The molecule has 3 rings (SSSR count). The zero-order valence-electron chi connectivity index (χ0n) is 10.7. The van der Waals surface area contributed by atoms with Crippen LogP contribution in [0.2, 0.25) is 5.15 Å². The van der Waals surface area contributed by atoms with Crippen molar-refractivity contribution in [3.8, 4) is 11.5 Å². The number of nitrogens with zero attached hydrogens (tertiary/aromatic N) is 1. The minimum absolute atomic E-state index is 0.107. The predicted octanol–water partition coefficient (Wildman–Crippen LogP) is 3.36. The molecule has 1 N–H and O–H groups in total. The van der Waals surface area contributed by atoms with Gasteiger partial charge in [-0.05, 0) is 30.3 Å². The third kappa shape index (κ3) is 3.22. The van der Waals surface area contributed by atoms with Gasteiger partial charge in [-0.15, -0.1) is 0 Å². The summed E-state index contributed by atoms with van der Waals surface area (Å²) < 4.78 is 11.0. The molecule has 108 valence electrons. The molecule has 0 amide bonds. The van der Waals surface area contributed by atoms with E-state index in [1.807, 2.05) is 18.2 Å². The Balaban J connectivity index is 1.88. The fourth-order valence-corrected chi connectivity index (χ4v) is 2.99. The maximum Gasteiger partial charge on any atom is 0.335 e. The summed E-state index contributed by atoms with van der Waals surface area (Å²) in [5.74, 6) is 0.339. The zero-order chi connectivity index (χ0) is 14.8. The van der Waals surface area contributed by atoms with E-state index in [0.717, 1.165) is 4.90 Å². The third-order valence-electron chi connectivity index (χ3n) is 2.75. The van der Waals surface area contributed by atoms with E-state index in [0.29, 0.717) is 29.7 Å². The van der Waals surface area contributed by atoms with Gasteiger partial charge >= 0.3 is 5.97 Å². The summed E-state index contributed by atoms with van der Waals surface area (Å²) >= 11 is 7.15. The molecule has 2 heterocycles. The van der Waals surface area contributed by atoms with Crippen LogP contribution in [0.4, 0.5) is 0 Å².